The number of hydrogen-bond donors (Lipinski definition) is 3. The quantitative estimate of drug-likeness (QED) is 0.577. The van der Waals surface area contributed by atoms with Gasteiger partial charge in [0.1, 0.15) is 5.69 Å². The minimum Gasteiger partial charge on any atom is -0.359 e. The van der Waals surface area contributed by atoms with Crippen molar-refractivity contribution in [1.29, 1.82) is 0 Å². The second kappa shape index (κ2) is 7.40. The lowest BCUT2D eigenvalue weighted by Crippen LogP contribution is -2.50. The van der Waals surface area contributed by atoms with Gasteiger partial charge in [-0.1, -0.05) is 30.9 Å². The van der Waals surface area contributed by atoms with Gasteiger partial charge in [0, 0.05) is 17.3 Å². The molecule has 0 saturated heterocycles. The van der Waals surface area contributed by atoms with Gasteiger partial charge in [0.05, 0.1) is 0 Å². The van der Waals surface area contributed by atoms with Gasteiger partial charge in [-0.25, -0.2) is 0 Å². The van der Waals surface area contributed by atoms with Gasteiger partial charge in [0.2, 0.25) is 0 Å². The molecular formula is C13H17ClN4OS. The molecule has 1 saturated carbocycles. The lowest BCUT2D eigenvalue weighted by molar-refractivity contribution is 0.0938. The van der Waals surface area contributed by atoms with Crippen LogP contribution < -0.4 is 16.2 Å². The van der Waals surface area contributed by atoms with E-state index < -0.39 is 0 Å². The van der Waals surface area contributed by atoms with Gasteiger partial charge in [-0.05, 0) is 37.2 Å². The second-order valence-electron chi connectivity index (χ2n) is 4.75. The fourth-order valence-corrected chi connectivity index (χ4v) is 2.55. The molecule has 1 amide bonds. The molecule has 0 bridgehead atoms. The average molecular weight is 313 g/mol. The molecule has 2 rings (SSSR count). The number of aromatic nitrogens is 1. The van der Waals surface area contributed by atoms with Crippen molar-refractivity contribution >= 4 is 34.8 Å². The Bertz CT molecular complexity index is 491. The number of rotatable bonds is 2. The first-order valence-electron chi connectivity index (χ1n) is 6.63. The van der Waals surface area contributed by atoms with E-state index in [-0.39, 0.29) is 11.6 Å². The minimum absolute atomic E-state index is 0.241. The maximum absolute atomic E-state index is 11.8. The first-order valence-corrected chi connectivity index (χ1v) is 7.42. The molecule has 1 fully saturated rings. The molecule has 7 heteroatoms. The van der Waals surface area contributed by atoms with E-state index in [0.29, 0.717) is 16.2 Å². The standard InChI is InChI=1S/C13H17ClN4OS/c14-9-6-7-15-11(8-9)12(19)17-18-13(20)16-10-4-2-1-3-5-10/h6-8,10H,1-5H2,(H,17,19)(H2,16,18,20). The van der Waals surface area contributed by atoms with Gasteiger partial charge in [-0.15, -0.1) is 0 Å². The van der Waals surface area contributed by atoms with E-state index in [4.69, 9.17) is 23.8 Å². The minimum atomic E-state index is -0.375. The molecule has 1 aromatic rings. The molecule has 1 aromatic heterocycles. The summed E-state index contributed by atoms with van der Waals surface area (Å²) in [4.78, 5) is 15.7. The van der Waals surface area contributed by atoms with Gasteiger partial charge in [0.15, 0.2) is 5.11 Å². The number of carbonyl (C=O) groups excluding carboxylic acids is 1. The van der Waals surface area contributed by atoms with Gasteiger partial charge < -0.3 is 5.32 Å². The van der Waals surface area contributed by atoms with Crippen LogP contribution in [0.25, 0.3) is 0 Å². The smallest absolute Gasteiger partial charge is 0.288 e. The lowest BCUT2D eigenvalue weighted by Gasteiger charge is -2.24. The Kier molecular flexibility index (Phi) is 5.55. The zero-order valence-electron chi connectivity index (χ0n) is 11.0. The molecule has 0 aliphatic heterocycles. The van der Waals surface area contributed by atoms with Gasteiger partial charge in [-0.2, -0.15) is 0 Å². The van der Waals surface area contributed by atoms with Crippen molar-refractivity contribution in [2.45, 2.75) is 38.1 Å². The largest absolute Gasteiger partial charge is 0.359 e. The van der Waals surface area contributed by atoms with Gasteiger partial charge >= 0.3 is 0 Å². The first-order chi connectivity index (χ1) is 9.65. The van der Waals surface area contributed by atoms with E-state index in [0.717, 1.165) is 12.8 Å². The number of pyridine rings is 1. The van der Waals surface area contributed by atoms with Gasteiger partial charge in [-0.3, -0.25) is 20.6 Å². The molecule has 108 valence electrons. The summed E-state index contributed by atoms with van der Waals surface area (Å²) in [7, 11) is 0. The topological polar surface area (TPSA) is 66.1 Å². The predicted molar refractivity (Wildman–Crippen MR) is 82.5 cm³/mol. The number of hydrazine groups is 1. The van der Waals surface area contributed by atoms with Crippen molar-refractivity contribution in [2.24, 2.45) is 0 Å². The van der Waals surface area contributed by atoms with Crippen LogP contribution in [0.5, 0.6) is 0 Å². The van der Waals surface area contributed by atoms with Crippen molar-refractivity contribution in [1.82, 2.24) is 21.2 Å². The maximum atomic E-state index is 11.8. The third kappa shape index (κ3) is 4.61. The SMILES string of the molecule is O=C(NNC(=S)NC1CCCCC1)c1cc(Cl)ccn1. The summed E-state index contributed by atoms with van der Waals surface area (Å²) in [6.07, 6.45) is 7.45. The van der Waals surface area contributed by atoms with Crippen LogP contribution in [0.1, 0.15) is 42.6 Å². The Hall–Kier alpha value is -1.40. The molecule has 1 aliphatic carbocycles. The summed E-state index contributed by atoms with van der Waals surface area (Å²) in [6.45, 7) is 0. The fourth-order valence-electron chi connectivity index (χ4n) is 2.17. The number of amides is 1. The van der Waals surface area contributed by atoms with Crippen LogP contribution in [-0.4, -0.2) is 22.0 Å². The van der Waals surface area contributed by atoms with Gasteiger partial charge in [0.25, 0.3) is 5.91 Å². The average Bonchev–Trinajstić information content (AvgIpc) is 2.46. The highest BCUT2D eigenvalue weighted by atomic mass is 35.5. The zero-order chi connectivity index (χ0) is 14.4. The predicted octanol–water partition coefficient (Wildman–Crippen LogP) is 2.18. The molecule has 0 atom stereocenters. The van der Waals surface area contributed by atoms with Crippen LogP contribution in [0.15, 0.2) is 18.3 Å². The van der Waals surface area contributed by atoms with E-state index in [1.54, 1.807) is 6.07 Å². The van der Waals surface area contributed by atoms with E-state index in [1.807, 2.05) is 0 Å². The molecule has 3 N–H and O–H groups in total. The van der Waals surface area contributed by atoms with Crippen LogP contribution in [0, 0.1) is 0 Å². The van der Waals surface area contributed by atoms with Crippen molar-refractivity contribution in [3.05, 3.63) is 29.0 Å². The molecule has 0 unspecified atom stereocenters. The number of nitrogens with one attached hydrogen (secondary N) is 3. The molecule has 0 aromatic carbocycles. The van der Waals surface area contributed by atoms with Crippen molar-refractivity contribution in [2.75, 3.05) is 0 Å². The molecule has 1 heterocycles. The summed E-state index contributed by atoms with van der Waals surface area (Å²) >= 11 is 10.9. The lowest BCUT2D eigenvalue weighted by atomic mass is 9.96. The Morgan fingerprint density at radius 2 is 2.05 bits per heavy atom. The van der Waals surface area contributed by atoms with Crippen LogP contribution in [0.2, 0.25) is 5.02 Å². The second-order valence-corrected chi connectivity index (χ2v) is 5.59. The summed E-state index contributed by atoms with van der Waals surface area (Å²) in [5.74, 6) is -0.375. The number of hydrogen-bond acceptors (Lipinski definition) is 3. The summed E-state index contributed by atoms with van der Waals surface area (Å²) in [5.41, 5.74) is 5.43. The Labute approximate surface area is 128 Å². The van der Waals surface area contributed by atoms with Crippen LogP contribution in [-0.2, 0) is 0 Å². The Balaban J connectivity index is 1.76. The van der Waals surface area contributed by atoms with E-state index in [1.165, 1.54) is 31.5 Å². The monoisotopic (exact) mass is 312 g/mol. The molecule has 0 radical (unpaired) electrons. The normalized spacial score (nSPS) is 15.4. The van der Waals surface area contributed by atoms with Crippen molar-refractivity contribution in [3.8, 4) is 0 Å². The molecular weight excluding hydrogens is 296 g/mol. The van der Waals surface area contributed by atoms with E-state index in [9.17, 15) is 4.79 Å². The molecule has 1 aliphatic rings. The third-order valence-corrected chi connectivity index (χ3v) is 3.64. The highest BCUT2D eigenvalue weighted by Crippen LogP contribution is 2.17. The van der Waals surface area contributed by atoms with Crippen molar-refractivity contribution < 1.29 is 4.79 Å². The highest BCUT2D eigenvalue weighted by Gasteiger charge is 2.14. The molecule has 5 nitrogen and oxygen atoms in total. The molecule has 0 spiro atoms. The van der Waals surface area contributed by atoms with Crippen LogP contribution >= 0.6 is 23.8 Å². The zero-order valence-corrected chi connectivity index (χ0v) is 12.6. The highest BCUT2D eigenvalue weighted by molar-refractivity contribution is 7.80. The van der Waals surface area contributed by atoms with Crippen molar-refractivity contribution in [3.63, 3.8) is 0 Å². The number of carbonyl (C=O) groups is 1. The maximum Gasteiger partial charge on any atom is 0.288 e. The van der Waals surface area contributed by atoms with Crippen LogP contribution in [0.4, 0.5) is 0 Å². The van der Waals surface area contributed by atoms with E-state index in [2.05, 4.69) is 21.2 Å². The first kappa shape index (κ1) is 15.0. The summed E-state index contributed by atoms with van der Waals surface area (Å²) in [5, 5.41) is 4.09. The van der Waals surface area contributed by atoms with E-state index >= 15 is 0 Å². The van der Waals surface area contributed by atoms with Crippen LogP contribution in [0.3, 0.4) is 0 Å². The fraction of sp³-hybridized carbons (Fsp3) is 0.462. The number of thiocarbonyl (C=S) groups is 1. The molecule has 20 heavy (non-hydrogen) atoms. The third-order valence-electron chi connectivity index (χ3n) is 3.18. The summed E-state index contributed by atoms with van der Waals surface area (Å²) < 4.78 is 0. The summed E-state index contributed by atoms with van der Waals surface area (Å²) in [6, 6.07) is 3.50. The number of halogens is 1. The Morgan fingerprint density at radius 3 is 2.75 bits per heavy atom. The number of nitrogens with zero attached hydrogens (tertiary/aromatic N) is 1. The Morgan fingerprint density at radius 1 is 1.30 bits per heavy atom.